The summed E-state index contributed by atoms with van der Waals surface area (Å²) >= 11 is 5.68. The van der Waals surface area contributed by atoms with Crippen LogP contribution in [-0.2, 0) is 10.5 Å². The van der Waals surface area contributed by atoms with E-state index in [9.17, 15) is 4.79 Å². The Hall–Kier alpha value is -1.12. The van der Waals surface area contributed by atoms with Gasteiger partial charge in [0.15, 0.2) is 0 Å². The monoisotopic (exact) mass is 281 g/mol. The van der Waals surface area contributed by atoms with Crippen LogP contribution in [0, 0.1) is 11.3 Å². The van der Waals surface area contributed by atoms with E-state index < -0.39 is 10.7 Å². The van der Waals surface area contributed by atoms with Crippen molar-refractivity contribution in [2.45, 2.75) is 35.2 Å². The van der Waals surface area contributed by atoms with E-state index in [0.717, 1.165) is 10.5 Å². The number of rotatable bonds is 6. The lowest BCUT2D eigenvalue weighted by Crippen LogP contribution is -2.19. The molecule has 1 N–H and O–H groups in total. The number of thiol groups is 1. The maximum absolute atomic E-state index is 10.5. The van der Waals surface area contributed by atoms with Gasteiger partial charge in [-0.05, 0) is 31.0 Å². The molecule has 0 radical (unpaired) electrons. The molecular weight excluding hydrogens is 266 g/mol. The third kappa shape index (κ3) is 5.03. The lowest BCUT2D eigenvalue weighted by atomic mass is 10.1. The summed E-state index contributed by atoms with van der Waals surface area (Å²) in [5.74, 6) is -0.172. The van der Waals surface area contributed by atoms with Crippen molar-refractivity contribution in [1.82, 2.24) is 0 Å². The van der Waals surface area contributed by atoms with Crippen LogP contribution in [0.5, 0.6) is 0 Å². The Morgan fingerprint density at radius 1 is 1.50 bits per heavy atom. The molecule has 3 nitrogen and oxygen atoms in total. The van der Waals surface area contributed by atoms with Crippen LogP contribution in [0.25, 0.3) is 0 Å². The fourth-order valence-electron chi connectivity index (χ4n) is 1.34. The van der Waals surface area contributed by atoms with Crippen LogP contribution in [0.15, 0.2) is 29.2 Å². The maximum Gasteiger partial charge on any atom is 0.303 e. The smallest absolute Gasteiger partial charge is 0.303 e. The summed E-state index contributed by atoms with van der Waals surface area (Å²) in [5.41, 5.74) is 1.11. The van der Waals surface area contributed by atoms with E-state index in [4.69, 9.17) is 10.4 Å². The molecule has 0 aliphatic heterocycles. The fraction of sp³-hybridized carbons (Fsp3) is 0.385. The zero-order valence-electron chi connectivity index (χ0n) is 10.1. The first kappa shape index (κ1) is 14.9. The van der Waals surface area contributed by atoms with Gasteiger partial charge in [-0.3, -0.25) is 4.79 Å². The van der Waals surface area contributed by atoms with Gasteiger partial charge in [0.05, 0.1) is 6.07 Å². The number of carboxylic acid groups (broad SMARTS) is 1. The Kier molecular flexibility index (Phi) is 5.57. The second-order valence-corrected chi connectivity index (χ2v) is 6.19. The summed E-state index contributed by atoms with van der Waals surface area (Å²) in [4.78, 5) is 11.4. The third-order valence-electron chi connectivity index (χ3n) is 2.55. The predicted octanol–water partition coefficient (Wildman–Crippen LogP) is 3.36. The van der Waals surface area contributed by atoms with Gasteiger partial charge >= 0.3 is 5.97 Å². The molecule has 1 aromatic carbocycles. The van der Waals surface area contributed by atoms with Crippen molar-refractivity contribution in [3.8, 4) is 6.07 Å². The van der Waals surface area contributed by atoms with E-state index in [-0.39, 0.29) is 6.42 Å². The number of thioether (sulfide) groups is 1. The molecule has 0 bridgehead atoms. The summed E-state index contributed by atoms with van der Waals surface area (Å²) in [6, 6.07) is 9.93. The van der Waals surface area contributed by atoms with E-state index in [1.807, 2.05) is 24.3 Å². The number of hydrogen-bond donors (Lipinski definition) is 2. The summed E-state index contributed by atoms with van der Waals surface area (Å²) in [5, 5.41) is 17.8. The van der Waals surface area contributed by atoms with Crippen molar-refractivity contribution in [3.05, 3.63) is 29.8 Å². The Balaban J connectivity index is 2.56. The molecule has 1 atom stereocenters. The highest BCUT2D eigenvalue weighted by Gasteiger charge is 2.25. The molecule has 1 unspecified atom stereocenters. The first-order valence-corrected chi connectivity index (χ1v) is 6.93. The maximum atomic E-state index is 10.5. The number of benzene rings is 1. The van der Waals surface area contributed by atoms with Crippen LogP contribution >= 0.6 is 24.4 Å². The Labute approximate surface area is 117 Å². The summed E-state index contributed by atoms with van der Waals surface area (Å²) in [6.07, 6.45) is 0.376. The lowest BCUT2D eigenvalue weighted by molar-refractivity contribution is -0.137. The second-order valence-electron chi connectivity index (χ2n) is 4.19. The van der Waals surface area contributed by atoms with E-state index in [1.165, 1.54) is 11.8 Å². The molecule has 0 saturated carbocycles. The Morgan fingerprint density at radius 2 is 2.11 bits per heavy atom. The van der Waals surface area contributed by atoms with Gasteiger partial charge in [0.2, 0.25) is 0 Å². The molecule has 96 valence electrons. The lowest BCUT2D eigenvalue weighted by Gasteiger charge is -2.19. The van der Waals surface area contributed by atoms with Crippen LogP contribution < -0.4 is 0 Å². The van der Waals surface area contributed by atoms with Gasteiger partial charge in [-0.2, -0.15) is 5.26 Å². The van der Waals surface area contributed by atoms with Crippen LogP contribution in [0.3, 0.4) is 0 Å². The molecule has 5 heteroatoms. The molecule has 0 aliphatic carbocycles. The van der Waals surface area contributed by atoms with Crippen molar-refractivity contribution in [2.24, 2.45) is 0 Å². The minimum absolute atomic E-state index is 0.0205. The molecule has 1 rings (SSSR count). The summed E-state index contributed by atoms with van der Waals surface area (Å²) in [7, 11) is 0. The number of nitrogens with zero attached hydrogens (tertiary/aromatic N) is 1. The molecule has 0 aliphatic rings. The van der Waals surface area contributed by atoms with E-state index in [1.54, 1.807) is 6.92 Å². The number of nitriles is 1. The van der Waals surface area contributed by atoms with Crippen LogP contribution in [-0.4, -0.2) is 15.8 Å². The normalized spacial score (nSPS) is 13.6. The van der Waals surface area contributed by atoms with Gasteiger partial charge in [0.25, 0.3) is 0 Å². The molecule has 1 aromatic rings. The van der Waals surface area contributed by atoms with Gasteiger partial charge in [-0.15, -0.1) is 24.4 Å². The average molecular weight is 281 g/mol. The van der Waals surface area contributed by atoms with Crippen molar-refractivity contribution >= 4 is 30.4 Å². The van der Waals surface area contributed by atoms with Gasteiger partial charge in [-0.1, -0.05) is 12.1 Å². The van der Waals surface area contributed by atoms with Crippen molar-refractivity contribution in [3.63, 3.8) is 0 Å². The average Bonchev–Trinajstić information content (AvgIpc) is 2.36. The third-order valence-corrected chi connectivity index (χ3v) is 4.25. The molecule has 0 fully saturated rings. The van der Waals surface area contributed by atoms with E-state index >= 15 is 0 Å². The zero-order valence-corrected chi connectivity index (χ0v) is 11.8. The zero-order chi connectivity index (χ0) is 13.6. The van der Waals surface area contributed by atoms with Crippen LogP contribution in [0.2, 0.25) is 0 Å². The minimum Gasteiger partial charge on any atom is -0.481 e. The Bertz CT molecular complexity index is 453. The quantitative estimate of drug-likeness (QED) is 0.785. The highest BCUT2D eigenvalue weighted by molar-refractivity contribution is 8.00. The van der Waals surface area contributed by atoms with Gasteiger partial charge < -0.3 is 5.11 Å². The molecular formula is C13H15NO2S2. The summed E-state index contributed by atoms with van der Waals surface area (Å²) in [6.45, 7) is 1.79. The topological polar surface area (TPSA) is 61.1 Å². The highest BCUT2D eigenvalue weighted by Crippen LogP contribution is 2.32. The van der Waals surface area contributed by atoms with Crippen molar-refractivity contribution in [1.29, 1.82) is 5.26 Å². The van der Waals surface area contributed by atoms with Gasteiger partial charge in [0.1, 0.15) is 4.75 Å². The fourth-order valence-corrected chi connectivity index (χ4v) is 2.48. The standard InChI is InChI=1S/C13H15NO2S2/c1-13(9-14,7-6-12(15)16)18-8-10-2-4-11(17)5-3-10/h2-5,17H,6-8H2,1H3,(H,15,16). The second kappa shape index (κ2) is 6.72. The summed E-state index contributed by atoms with van der Waals surface area (Å²) < 4.78 is -0.655. The van der Waals surface area contributed by atoms with Gasteiger partial charge in [-0.25, -0.2) is 0 Å². The molecule has 18 heavy (non-hydrogen) atoms. The molecule has 0 saturated heterocycles. The largest absolute Gasteiger partial charge is 0.481 e. The first-order chi connectivity index (χ1) is 8.45. The van der Waals surface area contributed by atoms with Crippen molar-refractivity contribution < 1.29 is 9.90 Å². The molecule has 0 aromatic heterocycles. The highest BCUT2D eigenvalue weighted by atomic mass is 32.2. The van der Waals surface area contributed by atoms with Crippen LogP contribution in [0.1, 0.15) is 25.3 Å². The SMILES string of the molecule is CC(C#N)(CCC(=O)O)SCc1ccc(S)cc1. The Morgan fingerprint density at radius 3 is 2.61 bits per heavy atom. The van der Waals surface area contributed by atoms with Gasteiger partial charge in [0, 0.05) is 17.1 Å². The molecule has 0 amide bonds. The van der Waals surface area contributed by atoms with E-state index in [2.05, 4.69) is 18.7 Å². The number of carbonyl (C=O) groups is 1. The predicted molar refractivity (Wildman–Crippen MR) is 75.9 cm³/mol. The first-order valence-electron chi connectivity index (χ1n) is 5.50. The number of hydrogen-bond acceptors (Lipinski definition) is 4. The van der Waals surface area contributed by atoms with Crippen molar-refractivity contribution in [2.75, 3.05) is 0 Å². The molecule has 0 heterocycles. The molecule has 0 spiro atoms. The van der Waals surface area contributed by atoms with E-state index in [0.29, 0.717) is 12.2 Å². The number of carboxylic acids is 1. The number of aliphatic carboxylic acids is 1. The minimum atomic E-state index is -0.864. The van der Waals surface area contributed by atoms with Crippen LogP contribution in [0.4, 0.5) is 0 Å².